The molecular formula is C9H15N3O4S. The molecule has 96 valence electrons. The molecule has 1 aliphatic rings. The fourth-order valence-electron chi connectivity index (χ4n) is 1.47. The number of amides is 3. The molecule has 4 N–H and O–H groups in total. The molecule has 0 aromatic heterocycles. The molecule has 0 aromatic rings. The number of hydrogen-bond acceptors (Lipinski definition) is 4. The maximum Gasteiger partial charge on any atom is 0.323 e. The van der Waals surface area contributed by atoms with E-state index in [2.05, 4.69) is 5.32 Å². The molecule has 1 aliphatic heterocycles. The minimum Gasteiger partial charge on any atom is -0.480 e. The highest BCUT2D eigenvalue weighted by atomic mass is 32.2. The van der Waals surface area contributed by atoms with Gasteiger partial charge in [-0.05, 0) is 12.2 Å². The molecule has 1 atom stereocenters. The minimum atomic E-state index is -1.18. The van der Waals surface area contributed by atoms with Crippen LogP contribution in [0.25, 0.3) is 0 Å². The van der Waals surface area contributed by atoms with E-state index in [0.29, 0.717) is 0 Å². The summed E-state index contributed by atoms with van der Waals surface area (Å²) in [4.78, 5) is 33.9. The van der Waals surface area contributed by atoms with E-state index in [1.54, 1.807) is 11.8 Å². The van der Waals surface area contributed by atoms with Crippen LogP contribution < -0.4 is 11.1 Å². The van der Waals surface area contributed by atoms with Crippen molar-refractivity contribution in [2.75, 3.05) is 24.6 Å². The largest absolute Gasteiger partial charge is 0.480 e. The van der Waals surface area contributed by atoms with Gasteiger partial charge in [-0.3, -0.25) is 9.59 Å². The van der Waals surface area contributed by atoms with Crippen LogP contribution in [0.15, 0.2) is 0 Å². The first-order valence-electron chi connectivity index (χ1n) is 5.12. The number of carbonyl (C=O) groups excluding carboxylic acids is 2. The standard InChI is InChI=1S/C9H15N3O4S/c10-7(13)3-12(4-8(14)15)9(16)11-6-1-2-17-5-6/h6H,1-5H2,(H2,10,13)(H,11,16)(H,14,15). The lowest BCUT2D eigenvalue weighted by molar-refractivity contribution is -0.137. The summed E-state index contributed by atoms with van der Waals surface area (Å²) in [6.45, 7) is -0.924. The molecule has 0 saturated carbocycles. The van der Waals surface area contributed by atoms with Crippen LogP contribution in [0.5, 0.6) is 0 Å². The molecule has 8 heteroatoms. The predicted octanol–water partition coefficient (Wildman–Crippen LogP) is -0.927. The van der Waals surface area contributed by atoms with Crippen molar-refractivity contribution in [3.63, 3.8) is 0 Å². The highest BCUT2D eigenvalue weighted by molar-refractivity contribution is 7.99. The summed E-state index contributed by atoms with van der Waals surface area (Å²) in [5.74, 6) is -0.132. The third kappa shape index (κ3) is 4.94. The summed E-state index contributed by atoms with van der Waals surface area (Å²) in [7, 11) is 0. The van der Waals surface area contributed by atoms with Crippen molar-refractivity contribution in [3.05, 3.63) is 0 Å². The van der Waals surface area contributed by atoms with Crippen LogP contribution in [0.1, 0.15) is 6.42 Å². The van der Waals surface area contributed by atoms with Gasteiger partial charge in [0.2, 0.25) is 5.91 Å². The maximum absolute atomic E-state index is 11.7. The molecule has 0 aromatic carbocycles. The van der Waals surface area contributed by atoms with Gasteiger partial charge in [-0.15, -0.1) is 0 Å². The predicted molar refractivity (Wildman–Crippen MR) is 62.7 cm³/mol. The molecule has 0 aliphatic carbocycles. The molecular weight excluding hydrogens is 246 g/mol. The number of primary amides is 1. The van der Waals surface area contributed by atoms with Gasteiger partial charge in [-0.2, -0.15) is 11.8 Å². The van der Waals surface area contributed by atoms with Gasteiger partial charge in [-0.25, -0.2) is 4.79 Å². The third-order valence-corrected chi connectivity index (χ3v) is 3.38. The Bertz CT molecular complexity index is 301. The number of nitrogens with one attached hydrogen (secondary N) is 1. The Labute approximate surface area is 103 Å². The van der Waals surface area contributed by atoms with Crippen LogP contribution in [0.4, 0.5) is 4.79 Å². The number of carbonyl (C=O) groups is 3. The zero-order valence-electron chi connectivity index (χ0n) is 9.22. The molecule has 3 amide bonds. The first-order chi connectivity index (χ1) is 7.99. The SMILES string of the molecule is NC(=O)CN(CC(=O)O)C(=O)NC1CCSC1. The van der Waals surface area contributed by atoms with E-state index in [-0.39, 0.29) is 6.04 Å². The van der Waals surface area contributed by atoms with Crippen LogP contribution in [-0.2, 0) is 9.59 Å². The fraction of sp³-hybridized carbons (Fsp3) is 0.667. The molecule has 0 radical (unpaired) electrons. The zero-order chi connectivity index (χ0) is 12.8. The molecule has 1 saturated heterocycles. The zero-order valence-corrected chi connectivity index (χ0v) is 10.0. The molecule has 1 unspecified atom stereocenters. The van der Waals surface area contributed by atoms with Crippen molar-refractivity contribution in [1.82, 2.24) is 10.2 Å². The number of nitrogens with two attached hydrogens (primary N) is 1. The van der Waals surface area contributed by atoms with Crippen LogP contribution in [-0.4, -0.2) is 58.6 Å². The number of hydrogen-bond donors (Lipinski definition) is 3. The third-order valence-electron chi connectivity index (χ3n) is 2.22. The number of nitrogens with zero attached hydrogens (tertiary/aromatic N) is 1. The van der Waals surface area contributed by atoms with Crippen molar-refractivity contribution in [1.29, 1.82) is 0 Å². The first kappa shape index (κ1) is 13.6. The molecule has 0 spiro atoms. The average molecular weight is 261 g/mol. The topological polar surface area (TPSA) is 113 Å². The number of thioether (sulfide) groups is 1. The molecule has 0 bridgehead atoms. The lowest BCUT2D eigenvalue weighted by Gasteiger charge is -2.21. The average Bonchev–Trinajstić information content (AvgIpc) is 2.67. The Kier molecular flexibility index (Phi) is 5.08. The van der Waals surface area contributed by atoms with E-state index in [1.165, 1.54) is 0 Å². The number of rotatable bonds is 5. The van der Waals surface area contributed by atoms with Gasteiger partial charge in [0.1, 0.15) is 13.1 Å². The van der Waals surface area contributed by atoms with Crippen molar-refractivity contribution in [2.45, 2.75) is 12.5 Å². The van der Waals surface area contributed by atoms with Gasteiger partial charge in [0.15, 0.2) is 0 Å². The van der Waals surface area contributed by atoms with E-state index >= 15 is 0 Å². The Balaban J connectivity index is 2.51. The highest BCUT2D eigenvalue weighted by Crippen LogP contribution is 2.17. The Morgan fingerprint density at radius 2 is 2.12 bits per heavy atom. The van der Waals surface area contributed by atoms with Crippen molar-refractivity contribution < 1.29 is 19.5 Å². The molecule has 7 nitrogen and oxygen atoms in total. The molecule has 1 heterocycles. The summed E-state index contributed by atoms with van der Waals surface area (Å²) < 4.78 is 0. The van der Waals surface area contributed by atoms with Gasteiger partial charge < -0.3 is 21.1 Å². The summed E-state index contributed by atoms with van der Waals surface area (Å²) in [5.41, 5.74) is 4.96. The van der Waals surface area contributed by atoms with Crippen LogP contribution >= 0.6 is 11.8 Å². The van der Waals surface area contributed by atoms with Crippen molar-refractivity contribution in [3.8, 4) is 0 Å². The second-order valence-corrected chi connectivity index (χ2v) is 4.88. The lowest BCUT2D eigenvalue weighted by Crippen LogP contribution is -2.49. The van der Waals surface area contributed by atoms with E-state index in [4.69, 9.17) is 10.8 Å². The second kappa shape index (κ2) is 6.33. The minimum absolute atomic E-state index is 0.0386. The number of carboxylic acid groups (broad SMARTS) is 1. The Morgan fingerprint density at radius 3 is 2.59 bits per heavy atom. The van der Waals surface area contributed by atoms with Gasteiger partial charge >= 0.3 is 12.0 Å². The molecule has 1 rings (SSSR count). The van der Waals surface area contributed by atoms with Crippen LogP contribution in [0, 0.1) is 0 Å². The van der Waals surface area contributed by atoms with Gasteiger partial charge in [-0.1, -0.05) is 0 Å². The quantitative estimate of drug-likeness (QED) is 0.592. The van der Waals surface area contributed by atoms with E-state index in [9.17, 15) is 14.4 Å². The number of aliphatic carboxylic acids is 1. The maximum atomic E-state index is 11.7. The summed E-state index contributed by atoms with van der Waals surface area (Å²) >= 11 is 1.72. The smallest absolute Gasteiger partial charge is 0.323 e. The van der Waals surface area contributed by atoms with Crippen LogP contribution in [0.2, 0.25) is 0 Å². The van der Waals surface area contributed by atoms with Crippen molar-refractivity contribution >= 4 is 29.7 Å². The Hall–Kier alpha value is -1.44. The normalized spacial score (nSPS) is 18.7. The van der Waals surface area contributed by atoms with Gasteiger partial charge in [0, 0.05) is 11.8 Å². The first-order valence-corrected chi connectivity index (χ1v) is 6.28. The number of carboxylic acids is 1. The van der Waals surface area contributed by atoms with Gasteiger partial charge in [0.25, 0.3) is 0 Å². The van der Waals surface area contributed by atoms with Crippen LogP contribution in [0.3, 0.4) is 0 Å². The number of urea groups is 1. The monoisotopic (exact) mass is 261 g/mol. The van der Waals surface area contributed by atoms with E-state index in [1.807, 2.05) is 0 Å². The van der Waals surface area contributed by atoms with E-state index < -0.39 is 31.0 Å². The van der Waals surface area contributed by atoms with E-state index in [0.717, 1.165) is 22.8 Å². The Morgan fingerprint density at radius 1 is 1.41 bits per heavy atom. The summed E-state index contributed by atoms with van der Waals surface area (Å²) in [6.07, 6.45) is 0.855. The van der Waals surface area contributed by atoms with Crippen molar-refractivity contribution in [2.24, 2.45) is 5.73 Å². The summed E-state index contributed by atoms with van der Waals surface area (Å²) in [6, 6.07) is -0.518. The fourth-order valence-corrected chi connectivity index (χ4v) is 2.62. The second-order valence-electron chi connectivity index (χ2n) is 3.73. The lowest BCUT2D eigenvalue weighted by atomic mass is 10.3. The molecule has 17 heavy (non-hydrogen) atoms. The van der Waals surface area contributed by atoms with Gasteiger partial charge in [0.05, 0.1) is 0 Å². The highest BCUT2D eigenvalue weighted by Gasteiger charge is 2.23. The summed E-state index contributed by atoms with van der Waals surface area (Å²) in [5, 5.41) is 11.3. The molecule has 1 fully saturated rings.